The summed E-state index contributed by atoms with van der Waals surface area (Å²) in [4.78, 5) is 37.6. The molecule has 0 saturated carbocycles. The fourth-order valence-electron chi connectivity index (χ4n) is 5.53. The van der Waals surface area contributed by atoms with E-state index in [1.807, 2.05) is 6.07 Å². The van der Waals surface area contributed by atoms with Crippen molar-refractivity contribution in [1.82, 2.24) is 9.88 Å². The number of aromatic nitrogens is 1. The first kappa shape index (κ1) is 29.9. The number of rotatable bonds is 8. The molecule has 0 spiro atoms. The van der Waals surface area contributed by atoms with Gasteiger partial charge in [-0.15, -0.1) is 11.3 Å². The molecule has 0 radical (unpaired) electrons. The van der Waals surface area contributed by atoms with Crippen LogP contribution in [0.25, 0.3) is 5.70 Å². The Balaban J connectivity index is 1.34. The van der Waals surface area contributed by atoms with Crippen LogP contribution in [0.1, 0.15) is 69.2 Å². The Kier molecular flexibility index (Phi) is 8.51. The molecule has 12 heteroatoms. The van der Waals surface area contributed by atoms with Gasteiger partial charge < -0.3 is 21.3 Å². The summed E-state index contributed by atoms with van der Waals surface area (Å²) < 4.78 is 24.5. The number of aliphatic imine (C=N–C) groups is 1. The number of nitrogens with two attached hydrogens (primary N) is 2. The van der Waals surface area contributed by atoms with Crippen LogP contribution in [0.3, 0.4) is 0 Å². The molecular weight excluding hydrogens is 576 g/mol. The average molecular weight is 609 g/mol. The van der Waals surface area contributed by atoms with Crippen molar-refractivity contribution in [3.63, 3.8) is 0 Å². The van der Waals surface area contributed by atoms with E-state index in [4.69, 9.17) is 11.5 Å². The smallest absolute Gasteiger partial charge is 0.267 e. The van der Waals surface area contributed by atoms with E-state index in [0.717, 1.165) is 53.9 Å². The molecule has 9 nitrogen and oxygen atoms in total. The van der Waals surface area contributed by atoms with E-state index in [0.29, 0.717) is 22.3 Å². The lowest BCUT2D eigenvalue weighted by molar-refractivity contribution is -0.111. The fraction of sp³-hybridized carbons (Fsp3) is 0.333. The van der Waals surface area contributed by atoms with E-state index >= 15 is 0 Å². The Morgan fingerprint density at radius 2 is 2.05 bits per heavy atom. The highest BCUT2D eigenvalue weighted by Gasteiger charge is 2.41. The van der Waals surface area contributed by atoms with Crippen molar-refractivity contribution in [3.8, 4) is 0 Å². The van der Waals surface area contributed by atoms with Crippen LogP contribution >= 0.6 is 23.4 Å². The maximum absolute atomic E-state index is 14.7. The molecule has 5 rings (SSSR count). The first-order valence-electron chi connectivity index (χ1n) is 13.5. The zero-order valence-electron chi connectivity index (χ0n) is 23.6. The van der Waals surface area contributed by atoms with Crippen LogP contribution in [0.4, 0.5) is 15.9 Å². The second-order valence-corrected chi connectivity index (χ2v) is 13.2. The van der Waals surface area contributed by atoms with Gasteiger partial charge in [0.15, 0.2) is 5.82 Å². The third-order valence-corrected chi connectivity index (χ3v) is 10.0. The second kappa shape index (κ2) is 12.0. The standard InChI is InChI=1S/C30H33FN6O3S2/c1-30(2)14-25-18(27(30)42-40)12-24(41-25)29(39)36-21-11-16(6-8-19(21)31)20(32)13-22(28(33)38)35-26-9-7-17(15-34-26)23-5-4-10-37(23)3/h6-9,11-13,15,23,27,40H,4-5,10,14,32H2,1-3H3,(H2,33,38)(H,36,39). The van der Waals surface area contributed by atoms with Crippen molar-refractivity contribution in [3.05, 3.63) is 80.9 Å². The summed E-state index contributed by atoms with van der Waals surface area (Å²) in [6, 6.07) is 9.73. The van der Waals surface area contributed by atoms with Crippen LogP contribution in [-0.2, 0) is 11.2 Å². The van der Waals surface area contributed by atoms with Crippen molar-refractivity contribution in [1.29, 1.82) is 0 Å². The number of benzene rings is 1. The van der Waals surface area contributed by atoms with E-state index in [-0.39, 0.29) is 27.8 Å². The van der Waals surface area contributed by atoms with Gasteiger partial charge in [0.25, 0.3) is 11.8 Å². The third kappa shape index (κ3) is 6.12. The van der Waals surface area contributed by atoms with Gasteiger partial charge in [-0.05, 0) is 103 Å². The normalized spacial score (nSPS) is 20.5. The lowest BCUT2D eigenvalue weighted by Gasteiger charge is -2.24. The molecule has 2 amide bonds. The molecule has 42 heavy (non-hydrogen) atoms. The van der Waals surface area contributed by atoms with E-state index < -0.39 is 17.6 Å². The first-order valence-corrected chi connectivity index (χ1v) is 15.2. The van der Waals surface area contributed by atoms with Crippen molar-refractivity contribution in [2.75, 3.05) is 18.9 Å². The number of pyridine rings is 1. The summed E-state index contributed by atoms with van der Waals surface area (Å²) in [5.41, 5.74) is 14.0. The molecule has 3 aromatic rings. The molecule has 1 aliphatic carbocycles. The number of hydrogen-bond acceptors (Lipinski definition) is 9. The molecule has 0 bridgehead atoms. The lowest BCUT2D eigenvalue weighted by Crippen LogP contribution is -2.22. The lowest BCUT2D eigenvalue weighted by atomic mass is 9.90. The molecule has 2 aromatic heterocycles. The van der Waals surface area contributed by atoms with Gasteiger partial charge in [0.2, 0.25) is 0 Å². The summed E-state index contributed by atoms with van der Waals surface area (Å²) in [7, 11) is 2.08. The maximum Gasteiger partial charge on any atom is 0.267 e. The molecule has 220 valence electrons. The van der Waals surface area contributed by atoms with Gasteiger partial charge in [0.05, 0.1) is 15.8 Å². The Morgan fingerprint density at radius 1 is 1.26 bits per heavy atom. The molecule has 1 fully saturated rings. The van der Waals surface area contributed by atoms with Crippen LogP contribution in [0.15, 0.2) is 53.7 Å². The number of hydrogen-bond donors (Lipinski definition) is 4. The minimum Gasteiger partial charge on any atom is -0.398 e. The first-order chi connectivity index (χ1) is 20.0. The molecule has 3 heterocycles. The van der Waals surface area contributed by atoms with Crippen molar-refractivity contribution >= 4 is 58.1 Å². The number of carbonyl (C=O) groups excluding carboxylic acids is 2. The van der Waals surface area contributed by atoms with Crippen LogP contribution in [-0.4, -0.2) is 45.6 Å². The Morgan fingerprint density at radius 3 is 2.69 bits per heavy atom. The van der Waals surface area contributed by atoms with Gasteiger partial charge in [-0.25, -0.2) is 14.4 Å². The van der Waals surface area contributed by atoms with Crippen LogP contribution in [0.2, 0.25) is 0 Å². The van der Waals surface area contributed by atoms with E-state index in [1.165, 1.54) is 35.6 Å². The Bertz CT molecular complexity index is 1580. The quantitative estimate of drug-likeness (QED) is 0.190. The summed E-state index contributed by atoms with van der Waals surface area (Å²) in [6.45, 7) is 5.18. The number of carbonyl (C=O) groups is 2. The van der Waals surface area contributed by atoms with E-state index in [9.17, 15) is 18.5 Å². The van der Waals surface area contributed by atoms with Crippen LogP contribution in [0.5, 0.6) is 0 Å². The van der Waals surface area contributed by atoms with Crippen molar-refractivity contribution in [2.24, 2.45) is 21.9 Å². The van der Waals surface area contributed by atoms with Gasteiger partial charge in [-0.1, -0.05) is 19.9 Å². The van der Waals surface area contributed by atoms with Gasteiger partial charge in [-0.2, -0.15) is 0 Å². The fourth-order valence-corrected chi connectivity index (χ4v) is 7.63. The van der Waals surface area contributed by atoms with E-state index in [2.05, 4.69) is 41.1 Å². The number of fused-ring (bicyclic) bond motifs is 1. The summed E-state index contributed by atoms with van der Waals surface area (Å²) in [5.74, 6) is -1.61. The highest BCUT2D eigenvalue weighted by molar-refractivity contribution is 7.94. The number of primary amides is 1. The van der Waals surface area contributed by atoms with Crippen LogP contribution < -0.4 is 16.8 Å². The molecule has 1 aliphatic heterocycles. The van der Waals surface area contributed by atoms with Gasteiger partial charge in [0, 0.05) is 22.8 Å². The Labute approximate surface area is 252 Å². The highest BCUT2D eigenvalue weighted by Crippen LogP contribution is 2.54. The summed E-state index contributed by atoms with van der Waals surface area (Å²) >= 11 is 2.12. The summed E-state index contributed by atoms with van der Waals surface area (Å²) in [5, 5.41) is 2.48. The molecule has 2 unspecified atom stereocenters. The highest BCUT2D eigenvalue weighted by atomic mass is 32.2. The number of amides is 2. The number of nitrogens with zero attached hydrogens (tertiary/aromatic N) is 3. The van der Waals surface area contributed by atoms with Crippen LogP contribution in [0, 0.1) is 11.2 Å². The zero-order valence-corrected chi connectivity index (χ0v) is 25.2. The summed E-state index contributed by atoms with van der Waals surface area (Å²) in [6.07, 6.45) is 5.98. The minimum atomic E-state index is -0.803. The number of likely N-dealkylation sites (tertiary alicyclic amines) is 1. The van der Waals surface area contributed by atoms with Gasteiger partial charge in [-0.3, -0.25) is 14.5 Å². The molecule has 2 aliphatic rings. The van der Waals surface area contributed by atoms with Crippen molar-refractivity contribution in [2.45, 2.75) is 44.4 Å². The monoisotopic (exact) mass is 608 g/mol. The largest absolute Gasteiger partial charge is 0.398 e. The second-order valence-electron chi connectivity index (χ2n) is 11.3. The molecule has 1 saturated heterocycles. The third-order valence-electron chi connectivity index (χ3n) is 7.78. The molecule has 2 atom stereocenters. The molecule has 6 N–H and O–H groups in total. The zero-order chi connectivity index (χ0) is 30.2. The number of thiophene rings is 1. The number of anilines is 1. The average Bonchev–Trinajstić information content (AvgIpc) is 3.61. The maximum atomic E-state index is 14.7. The number of nitrogens with one attached hydrogen (secondary N) is 1. The van der Waals surface area contributed by atoms with Gasteiger partial charge in [0.1, 0.15) is 11.5 Å². The topological polar surface area (TPSA) is 147 Å². The molecular formula is C30H33FN6O3S2. The van der Waals surface area contributed by atoms with E-state index in [1.54, 1.807) is 18.3 Å². The Hall–Kier alpha value is -3.58. The minimum absolute atomic E-state index is 0.0671. The number of halogens is 1. The predicted molar refractivity (Wildman–Crippen MR) is 166 cm³/mol. The predicted octanol–water partition coefficient (Wildman–Crippen LogP) is 5.69. The van der Waals surface area contributed by atoms with Gasteiger partial charge >= 0.3 is 0 Å². The SMILES string of the molecule is CN1CCCC1c1ccc(N=C(C=C(N)c2ccc(F)c(NC(=O)c3cc4c(s3)CC(C)(C)C4SO)c2)C(N)=O)nc1. The molecule has 1 aromatic carbocycles. The van der Waals surface area contributed by atoms with Crippen molar-refractivity contribution < 1.29 is 18.5 Å².